The summed E-state index contributed by atoms with van der Waals surface area (Å²) in [6.07, 6.45) is 1.94. The number of aromatic nitrogens is 1. The second kappa shape index (κ2) is 11.0. The highest BCUT2D eigenvalue weighted by atomic mass is 16.4. The van der Waals surface area contributed by atoms with Crippen molar-refractivity contribution in [1.82, 2.24) is 10.3 Å². The highest BCUT2D eigenvalue weighted by molar-refractivity contribution is 5.99. The van der Waals surface area contributed by atoms with Gasteiger partial charge in [0, 0.05) is 29.6 Å². The maximum Gasteiger partial charge on any atom is 0.306 e. The van der Waals surface area contributed by atoms with Crippen molar-refractivity contribution in [1.29, 1.82) is 0 Å². The lowest BCUT2D eigenvalue weighted by molar-refractivity contribution is -0.150. The number of hydrogen-bond donors (Lipinski definition) is 4. The molecular weight excluding hydrogens is 462 g/mol. The third-order valence-corrected chi connectivity index (χ3v) is 6.56. The summed E-state index contributed by atoms with van der Waals surface area (Å²) in [5, 5.41) is 25.4. The number of carboxylic acids is 2. The number of carbonyl (C=O) groups is 4. The quantitative estimate of drug-likeness (QED) is 0.380. The molecule has 9 heteroatoms. The van der Waals surface area contributed by atoms with Crippen LogP contribution in [0.4, 0.5) is 5.69 Å². The molecule has 186 valence electrons. The van der Waals surface area contributed by atoms with Crippen molar-refractivity contribution in [3.8, 4) is 0 Å². The zero-order chi connectivity index (χ0) is 25.7. The van der Waals surface area contributed by atoms with Gasteiger partial charge in [-0.3, -0.25) is 24.2 Å². The van der Waals surface area contributed by atoms with Gasteiger partial charge in [-0.15, -0.1) is 0 Å². The van der Waals surface area contributed by atoms with E-state index in [1.54, 1.807) is 30.5 Å². The van der Waals surface area contributed by atoms with E-state index in [0.29, 0.717) is 5.69 Å². The number of carbonyl (C=O) groups excluding carboxylic acids is 2. The van der Waals surface area contributed by atoms with Crippen LogP contribution in [-0.4, -0.2) is 45.0 Å². The van der Waals surface area contributed by atoms with Crippen molar-refractivity contribution in [2.24, 2.45) is 17.8 Å². The summed E-state index contributed by atoms with van der Waals surface area (Å²) >= 11 is 0. The molecule has 4 rings (SSSR count). The molecular formula is C27H27N3O6. The number of rotatable bonds is 8. The summed E-state index contributed by atoms with van der Waals surface area (Å²) in [5.41, 5.74) is 2.15. The van der Waals surface area contributed by atoms with E-state index >= 15 is 0 Å². The molecule has 0 saturated heterocycles. The number of nitrogens with one attached hydrogen (secondary N) is 2. The average Bonchev–Trinajstić information content (AvgIpc) is 2.88. The van der Waals surface area contributed by atoms with Gasteiger partial charge in [0.15, 0.2) is 0 Å². The van der Waals surface area contributed by atoms with Crippen molar-refractivity contribution in [3.63, 3.8) is 0 Å². The van der Waals surface area contributed by atoms with Crippen LogP contribution in [-0.2, 0) is 25.6 Å². The second-order valence-electron chi connectivity index (χ2n) is 9.13. The van der Waals surface area contributed by atoms with Crippen molar-refractivity contribution in [2.45, 2.75) is 31.7 Å². The molecule has 0 bridgehead atoms. The lowest BCUT2D eigenvalue weighted by Crippen LogP contribution is -2.49. The van der Waals surface area contributed by atoms with Gasteiger partial charge in [0.05, 0.1) is 17.4 Å². The molecule has 4 N–H and O–H groups in total. The predicted octanol–water partition coefficient (Wildman–Crippen LogP) is 3.10. The standard InChI is InChI=1S/C27H27N3O6/c31-24(18-12-19(26(33)34)14-20(13-18)27(35)36)30-23(11-16-5-2-1-3-6-16)25(32)29-21-8-9-22-17(15-21)7-4-10-28-22/h1-10,15,18-20,23H,11-14H2,(H,29,32)(H,30,31)(H,33,34)(H,35,36)/t18?,19-,20+,23?. The fourth-order valence-corrected chi connectivity index (χ4v) is 4.67. The monoisotopic (exact) mass is 489 g/mol. The van der Waals surface area contributed by atoms with Gasteiger partial charge in [0.25, 0.3) is 0 Å². The van der Waals surface area contributed by atoms with Gasteiger partial charge >= 0.3 is 11.9 Å². The first kappa shape index (κ1) is 24.8. The van der Waals surface area contributed by atoms with Gasteiger partial charge in [-0.25, -0.2) is 0 Å². The molecule has 2 unspecified atom stereocenters. The summed E-state index contributed by atoms with van der Waals surface area (Å²) in [6, 6.07) is 17.2. The van der Waals surface area contributed by atoms with E-state index in [4.69, 9.17) is 0 Å². The summed E-state index contributed by atoms with van der Waals surface area (Å²) in [6.45, 7) is 0. The third-order valence-electron chi connectivity index (χ3n) is 6.56. The zero-order valence-electron chi connectivity index (χ0n) is 19.5. The lowest BCUT2D eigenvalue weighted by Gasteiger charge is -2.31. The fourth-order valence-electron chi connectivity index (χ4n) is 4.67. The van der Waals surface area contributed by atoms with Gasteiger partial charge in [-0.2, -0.15) is 0 Å². The Bertz CT molecular complexity index is 1260. The van der Waals surface area contributed by atoms with Gasteiger partial charge in [0.2, 0.25) is 11.8 Å². The first-order valence-corrected chi connectivity index (χ1v) is 11.8. The van der Waals surface area contributed by atoms with Crippen LogP contribution in [0.2, 0.25) is 0 Å². The lowest BCUT2D eigenvalue weighted by atomic mass is 9.74. The van der Waals surface area contributed by atoms with E-state index in [-0.39, 0.29) is 25.7 Å². The van der Waals surface area contributed by atoms with E-state index in [2.05, 4.69) is 15.6 Å². The Kier molecular flexibility index (Phi) is 7.58. The fraction of sp³-hybridized carbons (Fsp3) is 0.296. The number of aliphatic carboxylic acids is 2. The van der Waals surface area contributed by atoms with E-state index < -0.39 is 47.5 Å². The number of benzene rings is 2. The van der Waals surface area contributed by atoms with Crippen LogP contribution in [0, 0.1) is 17.8 Å². The topological polar surface area (TPSA) is 146 Å². The molecule has 1 saturated carbocycles. The molecule has 0 spiro atoms. The van der Waals surface area contributed by atoms with Crippen molar-refractivity contribution in [2.75, 3.05) is 5.32 Å². The summed E-state index contributed by atoms with van der Waals surface area (Å²) in [5.74, 6) is -5.88. The maximum absolute atomic E-state index is 13.3. The first-order valence-electron chi connectivity index (χ1n) is 11.8. The van der Waals surface area contributed by atoms with Crippen LogP contribution in [0.3, 0.4) is 0 Å². The van der Waals surface area contributed by atoms with E-state index in [0.717, 1.165) is 16.5 Å². The number of nitrogens with zero attached hydrogens (tertiary/aromatic N) is 1. The van der Waals surface area contributed by atoms with Crippen molar-refractivity contribution < 1.29 is 29.4 Å². The molecule has 9 nitrogen and oxygen atoms in total. The zero-order valence-corrected chi connectivity index (χ0v) is 19.5. The van der Waals surface area contributed by atoms with Crippen LogP contribution < -0.4 is 10.6 Å². The SMILES string of the molecule is O=C(NC(Cc1ccccc1)C(=O)Nc1ccc2ncccc2c1)C1C[C@@H](C(=O)O)C[C@@H](C(=O)O)C1. The summed E-state index contributed by atoms with van der Waals surface area (Å²) in [4.78, 5) is 53.9. The van der Waals surface area contributed by atoms with E-state index in [1.807, 2.05) is 36.4 Å². The Balaban J connectivity index is 1.53. The first-order chi connectivity index (χ1) is 17.3. The van der Waals surface area contributed by atoms with Crippen molar-refractivity contribution >= 4 is 40.3 Å². The van der Waals surface area contributed by atoms with Crippen LogP contribution in [0.25, 0.3) is 10.9 Å². The van der Waals surface area contributed by atoms with E-state index in [1.165, 1.54) is 0 Å². The minimum atomic E-state index is -1.12. The number of pyridine rings is 1. The Hall–Kier alpha value is -4.27. The molecule has 36 heavy (non-hydrogen) atoms. The van der Waals surface area contributed by atoms with Crippen LogP contribution >= 0.6 is 0 Å². The van der Waals surface area contributed by atoms with Gasteiger partial charge < -0.3 is 20.8 Å². The molecule has 1 heterocycles. The highest BCUT2D eigenvalue weighted by Gasteiger charge is 2.40. The molecule has 2 amide bonds. The number of fused-ring (bicyclic) bond motifs is 1. The second-order valence-corrected chi connectivity index (χ2v) is 9.13. The molecule has 3 aromatic rings. The third kappa shape index (κ3) is 6.04. The molecule has 0 radical (unpaired) electrons. The van der Waals surface area contributed by atoms with Crippen LogP contribution in [0.1, 0.15) is 24.8 Å². The average molecular weight is 490 g/mol. The summed E-state index contributed by atoms with van der Waals surface area (Å²) in [7, 11) is 0. The normalized spacial score (nSPS) is 20.3. The molecule has 0 aliphatic heterocycles. The number of anilines is 1. The number of carboxylic acid groups (broad SMARTS) is 2. The predicted molar refractivity (Wildman–Crippen MR) is 132 cm³/mol. The molecule has 1 fully saturated rings. The van der Waals surface area contributed by atoms with Crippen LogP contribution in [0.5, 0.6) is 0 Å². The van der Waals surface area contributed by atoms with Crippen LogP contribution in [0.15, 0.2) is 66.9 Å². The van der Waals surface area contributed by atoms with Gasteiger partial charge in [-0.05, 0) is 49.1 Å². The van der Waals surface area contributed by atoms with Gasteiger partial charge in [-0.1, -0.05) is 36.4 Å². The Morgan fingerprint density at radius 2 is 1.53 bits per heavy atom. The Labute approximate surface area is 207 Å². The Morgan fingerprint density at radius 3 is 2.19 bits per heavy atom. The molecule has 4 atom stereocenters. The molecule has 1 aromatic heterocycles. The molecule has 1 aliphatic rings. The summed E-state index contributed by atoms with van der Waals surface area (Å²) < 4.78 is 0. The van der Waals surface area contributed by atoms with E-state index in [9.17, 15) is 29.4 Å². The molecule has 2 aromatic carbocycles. The number of amides is 2. The largest absolute Gasteiger partial charge is 0.481 e. The van der Waals surface area contributed by atoms with Gasteiger partial charge in [0.1, 0.15) is 6.04 Å². The number of hydrogen-bond acceptors (Lipinski definition) is 5. The minimum absolute atomic E-state index is 0.0147. The molecule has 1 aliphatic carbocycles. The Morgan fingerprint density at radius 1 is 0.861 bits per heavy atom. The maximum atomic E-state index is 13.3. The smallest absolute Gasteiger partial charge is 0.306 e. The highest BCUT2D eigenvalue weighted by Crippen LogP contribution is 2.34. The van der Waals surface area contributed by atoms with Crippen molar-refractivity contribution in [3.05, 3.63) is 72.4 Å². The minimum Gasteiger partial charge on any atom is -0.481 e.